The van der Waals surface area contributed by atoms with Crippen molar-refractivity contribution < 1.29 is 4.74 Å². The summed E-state index contributed by atoms with van der Waals surface area (Å²) in [6, 6.07) is 1.41. The second kappa shape index (κ2) is 7.26. The van der Waals surface area contributed by atoms with Crippen molar-refractivity contribution in [3.63, 3.8) is 0 Å². The van der Waals surface area contributed by atoms with Crippen LogP contribution in [0.3, 0.4) is 0 Å². The van der Waals surface area contributed by atoms with Gasteiger partial charge < -0.3 is 10.1 Å². The van der Waals surface area contributed by atoms with Crippen molar-refractivity contribution in [3.05, 3.63) is 0 Å². The van der Waals surface area contributed by atoms with E-state index in [0.29, 0.717) is 17.6 Å². The van der Waals surface area contributed by atoms with E-state index < -0.39 is 0 Å². The van der Waals surface area contributed by atoms with E-state index in [1.165, 1.54) is 51.4 Å². The second-order valence-corrected chi connectivity index (χ2v) is 7.58. The summed E-state index contributed by atoms with van der Waals surface area (Å²) in [6.45, 7) is 10.0. The van der Waals surface area contributed by atoms with Crippen LogP contribution in [0.4, 0.5) is 0 Å². The summed E-state index contributed by atoms with van der Waals surface area (Å²) in [5.41, 5.74) is 0.311. The molecule has 0 saturated heterocycles. The molecule has 4 unspecified atom stereocenters. The summed E-state index contributed by atoms with van der Waals surface area (Å²) < 4.78 is 5.85. The van der Waals surface area contributed by atoms with Crippen LogP contribution < -0.4 is 5.32 Å². The van der Waals surface area contributed by atoms with E-state index in [0.717, 1.165) is 18.6 Å². The maximum atomic E-state index is 5.85. The molecular weight excluding hydrogens is 246 g/mol. The van der Waals surface area contributed by atoms with Crippen LogP contribution >= 0.6 is 0 Å². The summed E-state index contributed by atoms with van der Waals surface area (Å²) in [7, 11) is 0. The minimum atomic E-state index is 0.311. The van der Waals surface area contributed by atoms with Gasteiger partial charge in [-0.1, -0.05) is 46.5 Å². The Morgan fingerprint density at radius 3 is 2.55 bits per heavy atom. The molecule has 2 rings (SSSR count). The molecule has 2 aliphatic rings. The van der Waals surface area contributed by atoms with Gasteiger partial charge in [-0.15, -0.1) is 0 Å². The lowest BCUT2D eigenvalue weighted by molar-refractivity contribution is -0.116. The highest BCUT2D eigenvalue weighted by atomic mass is 16.5. The highest BCUT2D eigenvalue weighted by Crippen LogP contribution is 2.43. The minimum absolute atomic E-state index is 0.311. The van der Waals surface area contributed by atoms with Crippen LogP contribution in [0, 0.1) is 11.3 Å². The monoisotopic (exact) mass is 281 g/mol. The molecule has 2 nitrogen and oxygen atoms in total. The highest BCUT2D eigenvalue weighted by molar-refractivity contribution is 5.03. The molecule has 0 aliphatic heterocycles. The van der Waals surface area contributed by atoms with Gasteiger partial charge >= 0.3 is 0 Å². The minimum Gasteiger partial charge on any atom is -0.378 e. The molecule has 4 atom stereocenters. The zero-order chi connectivity index (χ0) is 14.6. The fraction of sp³-hybridized carbons (Fsp3) is 1.00. The van der Waals surface area contributed by atoms with Gasteiger partial charge in [0, 0.05) is 24.1 Å². The molecule has 0 amide bonds. The lowest BCUT2D eigenvalue weighted by atomic mass is 9.64. The van der Waals surface area contributed by atoms with Crippen molar-refractivity contribution in [2.75, 3.05) is 6.61 Å². The fourth-order valence-electron chi connectivity index (χ4n) is 4.18. The molecule has 2 aliphatic carbocycles. The molecule has 0 radical (unpaired) electrons. The van der Waals surface area contributed by atoms with Crippen molar-refractivity contribution in [2.45, 2.75) is 97.2 Å². The van der Waals surface area contributed by atoms with Crippen molar-refractivity contribution in [1.82, 2.24) is 5.32 Å². The van der Waals surface area contributed by atoms with Gasteiger partial charge in [-0.25, -0.2) is 0 Å². The van der Waals surface area contributed by atoms with Gasteiger partial charge in [0.15, 0.2) is 0 Å². The van der Waals surface area contributed by atoms with Crippen molar-refractivity contribution in [3.8, 4) is 0 Å². The maximum Gasteiger partial charge on any atom is 0.0655 e. The van der Waals surface area contributed by atoms with Crippen molar-refractivity contribution >= 4 is 0 Å². The van der Waals surface area contributed by atoms with Gasteiger partial charge in [0.1, 0.15) is 0 Å². The fourth-order valence-corrected chi connectivity index (χ4v) is 4.18. The third-order valence-corrected chi connectivity index (χ3v) is 5.77. The molecule has 118 valence electrons. The van der Waals surface area contributed by atoms with Crippen LogP contribution in [0.25, 0.3) is 0 Å². The van der Waals surface area contributed by atoms with E-state index in [9.17, 15) is 0 Å². The van der Waals surface area contributed by atoms with E-state index in [4.69, 9.17) is 4.74 Å². The predicted molar refractivity (Wildman–Crippen MR) is 86.0 cm³/mol. The largest absolute Gasteiger partial charge is 0.378 e. The van der Waals surface area contributed by atoms with Crippen LogP contribution in [0.2, 0.25) is 0 Å². The van der Waals surface area contributed by atoms with E-state index in [1.807, 2.05) is 0 Å². The Labute approximate surface area is 126 Å². The topological polar surface area (TPSA) is 21.3 Å². The van der Waals surface area contributed by atoms with Gasteiger partial charge in [-0.2, -0.15) is 0 Å². The quantitative estimate of drug-likeness (QED) is 0.722. The standard InChI is InChI=1S/C18H35NO/c1-5-8-14-9-7-10-15(12-11-14)19-16-13-17(20-6-2)18(16,3)4/h14-17,19H,5-13H2,1-4H3. The smallest absolute Gasteiger partial charge is 0.0655 e. The number of nitrogens with one attached hydrogen (secondary N) is 1. The Morgan fingerprint density at radius 1 is 1.10 bits per heavy atom. The summed E-state index contributed by atoms with van der Waals surface area (Å²) >= 11 is 0. The van der Waals surface area contributed by atoms with Crippen LogP contribution in [-0.2, 0) is 4.74 Å². The van der Waals surface area contributed by atoms with E-state index >= 15 is 0 Å². The van der Waals surface area contributed by atoms with Crippen LogP contribution in [-0.4, -0.2) is 24.8 Å². The molecule has 2 saturated carbocycles. The molecule has 0 heterocycles. The molecule has 2 heteroatoms. The first kappa shape index (κ1) is 16.3. The first-order valence-corrected chi connectivity index (χ1v) is 8.95. The third kappa shape index (κ3) is 3.76. The van der Waals surface area contributed by atoms with Crippen LogP contribution in [0.15, 0.2) is 0 Å². The lowest BCUT2D eigenvalue weighted by Crippen LogP contribution is -2.62. The lowest BCUT2D eigenvalue weighted by Gasteiger charge is -2.53. The number of rotatable bonds is 6. The average Bonchev–Trinajstić information content (AvgIpc) is 2.64. The first-order chi connectivity index (χ1) is 9.57. The molecule has 0 aromatic heterocycles. The van der Waals surface area contributed by atoms with Crippen LogP contribution in [0.5, 0.6) is 0 Å². The molecule has 1 N–H and O–H groups in total. The SMILES string of the molecule is CCCC1CCCC(NC2CC(OCC)C2(C)C)CC1. The average molecular weight is 281 g/mol. The first-order valence-electron chi connectivity index (χ1n) is 8.95. The summed E-state index contributed by atoms with van der Waals surface area (Å²) in [5, 5.41) is 3.96. The van der Waals surface area contributed by atoms with E-state index in [2.05, 4.69) is 33.0 Å². The van der Waals surface area contributed by atoms with E-state index in [1.54, 1.807) is 0 Å². The predicted octanol–water partition coefficient (Wildman–Crippen LogP) is 4.53. The van der Waals surface area contributed by atoms with Gasteiger partial charge in [-0.05, 0) is 38.5 Å². The molecule has 0 aromatic rings. The summed E-state index contributed by atoms with van der Waals surface area (Å²) in [4.78, 5) is 0. The van der Waals surface area contributed by atoms with Gasteiger partial charge in [0.25, 0.3) is 0 Å². The Balaban J connectivity index is 1.77. The molecule has 0 bridgehead atoms. The van der Waals surface area contributed by atoms with Gasteiger partial charge in [-0.3, -0.25) is 0 Å². The Kier molecular flexibility index (Phi) is 5.92. The van der Waals surface area contributed by atoms with Gasteiger partial charge in [0.05, 0.1) is 6.10 Å². The normalized spacial score (nSPS) is 37.2. The zero-order valence-corrected chi connectivity index (χ0v) is 14.1. The summed E-state index contributed by atoms with van der Waals surface area (Å²) in [6.07, 6.45) is 11.5. The summed E-state index contributed by atoms with van der Waals surface area (Å²) in [5.74, 6) is 0.998. The zero-order valence-electron chi connectivity index (χ0n) is 14.1. The number of hydrogen-bond donors (Lipinski definition) is 1. The Hall–Kier alpha value is -0.0800. The highest BCUT2D eigenvalue weighted by Gasteiger charge is 2.49. The molecule has 0 spiro atoms. The Morgan fingerprint density at radius 2 is 1.90 bits per heavy atom. The van der Waals surface area contributed by atoms with E-state index in [-0.39, 0.29) is 0 Å². The molecular formula is C18H35NO. The molecule has 2 fully saturated rings. The van der Waals surface area contributed by atoms with Crippen molar-refractivity contribution in [1.29, 1.82) is 0 Å². The Bertz CT molecular complexity index is 289. The third-order valence-electron chi connectivity index (χ3n) is 5.77. The van der Waals surface area contributed by atoms with Crippen molar-refractivity contribution in [2.24, 2.45) is 11.3 Å². The number of ether oxygens (including phenoxy) is 1. The van der Waals surface area contributed by atoms with Gasteiger partial charge in [0.2, 0.25) is 0 Å². The number of hydrogen-bond acceptors (Lipinski definition) is 2. The second-order valence-electron chi connectivity index (χ2n) is 7.58. The van der Waals surface area contributed by atoms with Crippen LogP contribution in [0.1, 0.15) is 79.1 Å². The molecule has 20 heavy (non-hydrogen) atoms. The maximum absolute atomic E-state index is 5.85. The molecule has 0 aromatic carbocycles.